The number of anilines is 1. The molecule has 1 saturated heterocycles. The van der Waals surface area contributed by atoms with Gasteiger partial charge in [-0.1, -0.05) is 30.3 Å². The van der Waals surface area contributed by atoms with Crippen LogP contribution in [0.25, 0.3) is 21.7 Å². The standard InChI is InChI=1S/C30H29N5O6/c36-17-20(18-37)35-29(39)23-6-3-5-22-25(9-8-24(28(22)23)30(35)40)32-31-14-19-15-34(26-7-2-1-4-21(19)26)16-27(38)33-10-12-41-13-11-33/h1-9,14-15,20,32,36-37H,10-13,16-18H2/b31-14+. The number of morpholine rings is 1. The number of nitrogens with one attached hydrogen (secondary N) is 1. The first-order valence-corrected chi connectivity index (χ1v) is 13.4. The third-order valence-electron chi connectivity index (χ3n) is 7.60. The van der Waals surface area contributed by atoms with Crippen LogP contribution in [0.1, 0.15) is 26.3 Å². The molecule has 2 aliphatic heterocycles. The van der Waals surface area contributed by atoms with E-state index < -0.39 is 31.1 Å². The summed E-state index contributed by atoms with van der Waals surface area (Å²) in [5, 5.41) is 25.7. The normalized spacial score (nSPS) is 15.6. The van der Waals surface area contributed by atoms with E-state index in [1.54, 1.807) is 36.5 Å². The van der Waals surface area contributed by atoms with Crippen LogP contribution in [0, 0.1) is 0 Å². The van der Waals surface area contributed by atoms with E-state index in [1.165, 1.54) is 0 Å². The van der Waals surface area contributed by atoms with Crippen LogP contribution in [-0.2, 0) is 16.1 Å². The number of rotatable bonds is 8. The van der Waals surface area contributed by atoms with E-state index in [0.29, 0.717) is 53.9 Å². The number of amides is 3. The average molecular weight is 556 g/mol. The number of hydrogen-bond donors (Lipinski definition) is 3. The van der Waals surface area contributed by atoms with Crippen molar-refractivity contribution in [1.29, 1.82) is 0 Å². The Hall–Kier alpha value is -4.58. The van der Waals surface area contributed by atoms with E-state index in [-0.39, 0.29) is 12.5 Å². The van der Waals surface area contributed by atoms with Crippen molar-refractivity contribution in [1.82, 2.24) is 14.4 Å². The van der Waals surface area contributed by atoms with Gasteiger partial charge in [-0.3, -0.25) is 24.7 Å². The highest BCUT2D eigenvalue weighted by atomic mass is 16.5. The molecule has 3 heterocycles. The number of nitrogens with zero attached hydrogens (tertiary/aromatic N) is 4. The molecule has 0 radical (unpaired) electrons. The third kappa shape index (κ3) is 4.73. The van der Waals surface area contributed by atoms with Gasteiger partial charge in [0.25, 0.3) is 11.8 Å². The Balaban J connectivity index is 1.28. The molecule has 3 aromatic carbocycles. The smallest absolute Gasteiger partial charge is 0.261 e. The summed E-state index contributed by atoms with van der Waals surface area (Å²) in [6, 6.07) is 15.2. The van der Waals surface area contributed by atoms with Gasteiger partial charge in [0.1, 0.15) is 6.54 Å². The van der Waals surface area contributed by atoms with E-state index in [2.05, 4.69) is 10.5 Å². The Morgan fingerprint density at radius 1 is 0.951 bits per heavy atom. The number of aromatic nitrogens is 1. The van der Waals surface area contributed by atoms with Crippen molar-refractivity contribution in [2.24, 2.45) is 5.10 Å². The zero-order valence-electron chi connectivity index (χ0n) is 22.2. The fraction of sp³-hybridized carbons (Fsp3) is 0.267. The topological polar surface area (TPSA) is 137 Å². The van der Waals surface area contributed by atoms with Gasteiger partial charge in [0, 0.05) is 57.7 Å². The first-order valence-electron chi connectivity index (χ1n) is 13.4. The van der Waals surface area contributed by atoms with Gasteiger partial charge in [-0.2, -0.15) is 5.10 Å². The number of hydrogen-bond acceptors (Lipinski definition) is 8. The van der Waals surface area contributed by atoms with Crippen molar-refractivity contribution < 1.29 is 29.3 Å². The van der Waals surface area contributed by atoms with Crippen LogP contribution in [0.4, 0.5) is 5.69 Å². The Morgan fingerprint density at radius 3 is 2.41 bits per heavy atom. The molecule has 11 heteroatoms. The van der Waals surface area contributed by atoms with Crippen LogP contribution in [0.15, 0.2) is 65.9 Å². The summed E-state index contributed by atoms with van der Waals surface area (Å²) in [6.45, 7) is 1.41. The maximum atomic E-state index is 13.2. The number of para-hydroxylation sites is 1. The lowest BCUT2D eigenvalue weighted by Crippen LogP contribution is -2.50. The van der Waals surface area contributed by atoms with E-state index in [1.807, 2.05) is 39.9 Å². The Morgan fingerprint density at radius 2 is 1.66 bits per heavy atom. The quantitative estimate of drug-likeness (QED) is 0.172. The number of hydrazone groups is 1. The van der Waals surface area contributed by atoms with Crippen LogP contribution >= 0.6 is 0 Å². The molecule has 210 valence electrons. The number of fused-ring (bicyclic) bond motifs is 1. The SMILES string of the molecule is O=C(Cn1cc(/C=N/Nc2ccc3c4c(cccc24)C(=O)N(C(CO)CO)C3=O)c2ccccc21)N1CCOCC1. The number of imide groups is 1. The van der Waals surface area contributed by atoms with E-state index in [4.69, 9.17) is 4.74 Å². The van der Waals surface area contributed by atoms with Crippen LogP contribution < -0.4 is 5.43 Å². The van der Waals surface area contributed by atoms with Gasteiger partial charge in [-0.05, 0) is 24.3 Å². The summed E-state index contributed by atoms with van der Waals surface area (Å²) in [5.41, 5.74) is 6.01. The molecule has 1 fully saturated rings. The van der Waals surface area contributed by atoms with Gasteiger partial charge in [-0.15, -0.1) is 0 Å². The average Bonchev–Trinajstić information content (AvgIpc) is 3.35. The van der Waals surface area contributed by atoms with E-state index >= 15 is 0 Å². The van der Waals surface area contributed by atoms with Crippen molar-refractivity contribution in [2.45, 2.75) is 12.6 Å². The maximum Gasteiger partial charge on any atom is 0.261 e. The molecule has 0 bridgehead atoms. The lowest BCUT2D eigenvalue weighted by atomic mass is 9.92. The largest absolute Gasteiger partial charge is 0.394 e. The first kappa shape index (κ1) is 26.6. The summed E-state index contributed by atoms with van der Waals surface area (Å²) < 4.78 is 7.28. The molecule has 2 aliphatic rings. The maximum absolute atomic E-state index is 13.2. The molecule has 0 aliphatic carbocycles. The molecule has 11 nitrogen and oxygen atoms in total. The monoisotopic (exact) mass is 555 g/mol. The fourth-order valence-corrected chi connectivity index (χ4v) is 5.50. The second kappa shape index (κ2) is 11.1. The van der Waals surface area contributed by atoms with Crippen LogP contribution in [0.2, 0.25) is 0 Å². The zero-order chi connectivity index (χ0) is 28.5. The highest BCUT2D eigenvalue weighted by Gasteiger charge is 2.37. The summed E-state index contributed by atoms with van der Waals surface area (Å²) in [6.07, 6.45) is 3.58. The van der Waals surface area contributed by atoms with Gasteiger partial charge in [0.2, 0.25) is 5.91 Å². The Kier molecular flexibility index (Phi) is 7.23. The molecule has 41 heavy (non-hydrogen) atoms. The molecule has 0 unspecified atom stereocenters. The van der Waals surface area contributed by atoms with Crippen LogP contribution in [0.3, 0.4) is 0 Å². The molecule has 4 aromatic rings. The van der Waals surface area contributed by atoms with Crippen LogP contribution in [0.5, 0.6) is 0 Å². The van der Waals surface area contributed by atoms with E-state index in [0.717, 1.165) is 21.4 Å². The Labute approximate surface area is 235 Å². The highest BCUT2D eigenvalue weighted by Crippen LogP contribution is 2.35. The van der Waals surface area contributed by atoms with Gasteiger partial charge < -0.3 is 24.4 Å². The van der Waals surface area contributed by atoms with Crippen LogP contribution in [-0.4, -0.2) is 94.1 Å². The van der Waals surface area contributed by atoms with Gasteiger partial charge >= 0.3 is 0 Å². The second-order valence-corrected chi connectivity index (χ2v) is 9.98. The lowest BCUT2D eigenvalue weighted by Gasteiger charge is -2.32. The third-order valence-corrected chi connectivity index (χ3v) is 7.60. The van der Waals surface area contributed by atoms with Crippen molar-refractivity contribution in [2.75, 3.05) is 44.9 Å². The van der Waals surface area contributed by atoms with Gasteiger partial charge in [0.15, 0.2) is 0 Å². The summed E-state index contributed by atoms with van der Waals surface area (Å²) in [4.78, 5) is 42.0. The number of benzene rings is 3. The predicted molar refractivity (Wildman–Crippen MR) is 153 cm³/mol. The number of aliphatic hydroxyl groups is 2. The summed E-state index contributed by atoms with van der Waals surface area (Å²) in [7, 11) is 0. The molecule has 1 aromatic heterocycles. The molecular formula is C30H29N5O6. The molecule has 6 rings (SSSR count). The van der Waals surface area contributed by atoms with E-state index in [9.17, 15) is 24.6 Å². The molecule has 0 spiro atoms. The second-order valence-electron chi connectivity index (χ2n) is 9.98. The van der Waals surface area contributed by atoms with Crippen molar-refractivity contribution in [3.05, 3.63) is 77.5 Å². The zero-order valence-corrected chi connectivity index (χ0v) is 22.2. The number of carbonyl (C=O) groups excluding carboxylic acids is 3. The highest BCUT2D eigenvalue weighted by molar-refractivity contribution is 6.27. The minimum atomic E-state index is -1.02. The lowest BCUT2D eigenvalue weighted by molar-refractivity contribution is -0.135. The molecule has 0 saturated carbocycles. The molecule has 3 N–H and O–H groups in total. The molecular weight excluding hydrogens is 526 g/mol. The predicted octanol–water partition coefficient (Wildman–Crippen LogP) is 2.05. The van der Waals surface area contributed by atoms with Crippen molar-refractivity contribution in [3.8, 4) is 0 Å². The molecule has 0 atom stereocenters. The molecule has 3 amide bonds. The summed E-state index contributed by atoms with van der Waals surface area (Å²) >= 11 is 0. The Bertz CT molecular complexity index is 1660. The van der Waals surface area contributed by atoms with Crippen molar-refractivity contribution in [3.63, 3.8) is 0 Å². The van der Waals surface area contributed by atoms with Crippen molar-refractivity contribution >= 4 is 51.3 Å². The minimum Gasteiger partial charge on any atom is -0.394 e. The van der Waals surface area contributed by atoms with Gasteiger partial charge in [0.05, 0.1) is 44.4 Å². The number of ether oxygens (including phenoxy) is 1. The first-order chi connectivity index (χ1) is 20.0. The number of carbonyl (C=O) groups is 3. The summed E-state index contributed by atoms with van der Waals surface area (Å²) in [5.74, 6) is -1.10. The number of aliphatic hydroxyl groups excluding tert-OH is 2. The van der Waals surface area contributed by atoms with Gasteiger partial charge in [-0.25, -0.2) is 0 Å². The fourth-order valence-electron chi connectivity index (χ4n) is 5.50. The minimum absolute atomic E-state index is 0.0337.